The van der Waals surface area contributed by atoms with Crippen LogP contribution in [0.15, 0.2) is 24.3 Å². The summed E-state index contributed by atoms with van der Waals surface area (Å²) in [6.07, 6.45) is 9.45. The van der Waals surface area contributed by atoms with Crippen molar-refractivity contribution < 1.29 is 9.59 Å². The summed E-state index contributed by atoms with van der Waals surface area (Å²) in [5, 5.41) is 6.23. The molecule has 0 radical (unpaired) electrons. The zero-order valence-electron chi connectivity index (χ0n) is 18.5. The van der Waals surface area contributed by atoms with Crippen LogP contribution in [0.2, 0.25) is 0 Å². The van der Waals surface area contributed by atoms with E-state index < -0.39 is 0 Å². The topological polar surface area (TPSA) is 61.4 Å². The molecular weight excluding hydrogens is 454 g/mol. The van der Waals surface area contributed by atoms with Gasteiger partial charge in [0.2, 0.25) is 11.8 Å². The van der Waals surface area contributed by atoms with Crippen LogP contribution in [0.5, 0.6) is 0 Å². The maximum Gasteiger partial charge on any atom is 0.226 e. The lowest BCUT2D eigenvalue weighted by molar-refractivity contribution is -0.144. The highest BCUT2D eigenvalue weighted by atomic mass is 79.9. The quantitative estimate of drug-likeness (QED) is 0.563. The molecule has 0 aromatic heterocycles. The van der Waals surface area contributed by atoms with Crippen molar-refractivity contribution in [2.75, 3.05) is 23.3 Å². The number of benzene rings is 1. The first-order chi connectivity index (χ1) is 14.8. The number of rotatable bonds is 6. The minimum atomic E-state index is -0.234. The van der Waals surface area contributed by atoms with Crippen molar-refractivity contribution in [1.82, 2.24) is 5.32 Å². The zero-order chi connectivity index (χ0) is 21.6. The number of hydrogen-bond donors (Lipinski definition) is 2. The van der Waals surface area contributed by atoms with Gasteiger partial charge in [0.25, 0.3) is 0 Å². The van der Waals surface area contributed by atoms with E-state index in [0.717, 1.165) is 38.0 Å². The van der Waals surface area contributed by atoms with E-state index in [4.69, 9.17) is 0 Å². The van der Waals surface area contributed by atoms with Crippen molar-refractivity contribution in [3.05, 3.63) is 24.3 Å². The van der Waals surface area contributed by atoms with Gasteiger partial charge in [-0.2, -0.15) is 0 Å². The highest BCUT2D eigenvalue weighted by Crippen LogP contribution is 2.64. The third-order valence-electron chi connectivity index (χ3n) is 7.94. The maximum absolute atomic E-state index is 13.3. The highest BCUT2D eigenvalue weighted by molar-refractivity contribution is 9.10. The van der Waals surface area contributed by atoms with Gasteiger partial charge in [-0.25, -0.2) is 0 Å². The Hall–Kier alpha value is -1.56. The van der Waals surface area contributed by atoms with Gasteiger partial charge in [-0.05, 0) is 88.3 Å². The third-order valence-corrected chi connectivity index (χ3v) is 8.87. The first kappa shape index (κ1) is 21.3. The van der Waals surface area contributed by atoms with Gasteiger partial charge >= 0.3 is 0 Å². The van der Waals surface area contributed by atoms with Crippen molar-refractivity contribution in [3.8, 4) is 0 Å². The van der Waals surface area contributed by atoms with Crippen LogP contribution in [0.1, 0.15) is 64.7 Å². The van der Waals surface area contributed by atoms with Gasteiger partial charge in [-0.15, -0.1) is 0 Å². The van der Waals surface area contributed by atoms with Crippen LogP contribution < -0.4 is 15.5 Å². The molecule has 168 valence electrons. The predicted molar refractivity (Wildman–Crippen MR) is 128 cm³/mol. The average molecular weight is 488 g/mol. The fourth-order valence-electron chi connectivity index (χ4n) is 7.09. The molecule has 1 heterocycles. The number of alkyl halides is 1. The van der Waals surface area contributed by atoms with Gasteiger partial charge < -0.3 is 15.5 Å². The number of hydrogen-bond acceptors (Lipinski definition) is 3. The molecule has 0 spiro atoms. The van der Waals surface area contributed by atoms with E-state index >= 15 is 0 Å². The first-order valence-corrected chi connectivity index (χ1v) is 12.8. The summed E-state index contributed by atoms with van der Waals surface area (Å²) < 4.78 is 0.162. The minimum Gasteiger partial charge on any atom is -0.371 e. The SMILES string of the molecule is CC(CC(=O)Nc1cccc(N2CCCC2)c1)NC(=O)C12CC3CC(CC(Br)(C3)C1)C2. The van der Waals surface area contributed by atoms with Crippen LogP contribution in [-0.2, 0) is 9.59 Å². The molecule has 3 unspecified atom stereocenters. The van der Waals surface area contributed by atoms with Crippen molar-refractivity contribution in [2.24, 2.45) is 17.3 Å². The second kappa shape index (κ2) is 8.09. The summed E-state index contributed by atoms with van der Waals surface area (Å²) in [4.78, 5) is 28.3. The van der Waals surface area contributed by atoms with Gasteiger partial charge in [-0.3, -0.25) is 9.59 Å². The highest BCUT2D eigenvalue weighted by Gasteiger charge is 2.59. The summed E-state index contributed by atoms with van der Waals surface area (Å²) in [6, 6.07) is 7.92. The lowest BCUT2D eigenvalue weighted by atomic mass is 9.49. The molecule has 4 aliphatic carbocycles. The van der Waals surface area contributed by atoms with Crippen molar-refractivity contribution in [1.29, 1.82) is 0 Å². The Morgan fingerprint density at radius 3 is 2.55 bits per heavy atom. The Kier molecular flexibility index (Phi) is 5.56. The number of nitrogens with one attached hydrogen (secondary N) is 2. The van der Waals surface area contributed by atoms with E-state index in [1.807, 2.05) is 19.1 Å². The maximum atomic E-state index is 13.3. The number of nitrogens with zero attached hydrogens (tertiary/aromatic N) is 1. The Bertz CT molecular complexity index is 852. The number of amides is 2. The molecule has 5 aliphatic rings. The molecule has 4 saturated carbocycles. The molecule has 6 rings (SSSR count). The molecule has 4 bridgehead atoms. The lowest BCUT2D eigenvalue weighted by Gasteiger charge is -2.59. The molecule has 5 nitrogen and oxygen atoms in total. The number of anilines is 2. The van der Waals surface area contributed by atoms with Gasteiger partial charge in [-0.1, -0.05) is 22.0 Å². The molecule has 2 amide bonds. The molecule has 1 aromatic carbocycles. The van der Waals surface area contributed by atoms with E-state index in [-0.39, 0.29) is 27.6 Å². The van der Waals surface area contributed by atoms with Crippen molar-refractivity contribution in [3.63, 3.8) is 0 Å². The van der Waals surface area contributed by atoms with Crippen LogP contribution in [0.4, 0.5) is 11.4 Å². The van der Waals surface area contributed by atoms with E-state index in [1.54, 1.807) is 0 Å². The fourth-order valence-corrected chi connectivity index (χ4v) is 8.54. The summed E-state index contributed by atoms with van der Waals surface area (Å²) in [5.41, 5.74) is 1.76. The summed E-state index contributed by atoms with van der Waals surface area (Å²) in [7, 11) is 0. The number of halogens is 1. The van der Waals surface area contributed by atoms with E-state index in [0.29, 0.717) is 18.3 Å². The van der Waals surface area contributed by atoms with Crippen LogP contribution in [-0.4, -0.2) is 35.3 Å². The molecular formula is C25H34BrN3O2. The van der Waals surface area contributed by atoms with Crippen LogP contribution in [0.3, 0.4) is 0 Å². The molecule has 1 aliphatic heterocycles. The lowest BCUT2D eigenvalue weighted by Crippen LogP contribution is -2.59. The smallest absolute Gasteiger partial charge is 0.226 e. The molecule has 6 heteroatoms. The number of carbonyl (C=O) groups excluding carboxylic acids is 2. The van der Waals surface area contributed by atoms with Gasteiger partial charge in [0, 0.05) is 41.3 Å². The Labute approximate surface area is 193 Å². The predicted octanol–water partition coefficient (Wildman–Crippen LogP) is 4.85. The minimum absolute atomic E-state index is 0.0474. The standard InChI is InChI=1S/C25H34BrN3O2/c1-17(9-22(30)28-20-5-4-6-21(11-20)29-7-2-3-8-29)27-23(31)24-12-18-10-19(13-24)15-25(26,14-18)16-24/h4-6,11,17-19H,2-3,7-10,12-16H2,1H3,(H,27,31)(H,28,30). The largest absolute Gasteiger partial charge is 0.371 e. The van der Waals surface area contributed by atoms with Gasteiger partial charge in [0.1, 0.15) is 0 Å². The van der Waals surface area contributed by atoms with Gasteiger partial charge in [0.15, 0.2) is 0 Å². The van der Waals surface area contributed by atoms with Crippen LogP contribution >= 0.6 is 15.9 Å². The third kappa shape index (κ3) is 4.37. The Balaban J connectivity index is 1.16. The summed E-state index contributed by atoms with van der Waals surface area (Å²) >= 11 is 3.99. The summed E-state index contributed by atoms with van der Waals surface area (Å²) in [5.74, 6) is 1.47. The second-order valence-corrected chi connectivity index (χ2v) is 12.4. The van der Waals surface area contributed by atoms with Crippen LogP contribution in [0.25, 0.3) is 0 Å². The monoisotopic (exact) mass is 487 g/mol. The Morgan fingerprint density at radius 1 is 1.16 bits per heavy atom. The molecule has 2 N–H and O–H groups in total. The van der Waals surface area contributed by atoms with Crippen molar-refractivity contribution >= 4 is 39.1 Å². The normalized spacial score (nSPS) is 34.6. The van der Waals surface area contributed by atoms with Crippen molar-refractivity contribution in [2.45, 2.75) is 75.1 Å². The first-order valence-electron chi connectivity index (χ1n) is 12.0. The van der Waals surface area contributed by atoms with Gasteiger partial charge in [0.05, 0.1) is 5.41 Å². The molecule has 3 atom stereocenters. The fraction of sp³-hybridized carbons (Fsp3) is 0.680. The zero-order valence-corrected chi connectivity index (χ0v) is 20.0. The average Bonchev–Trinajstić information content (AvgIpc) is 3.21. The molecule has 5 fully saturated rings. The Morgan fingerprint density at radius 2 is 1.87 bits per heavy atom. The van der Waals surface area contributed by atoms with Crippen LogP contribution in [0, 0.1) is 17.3 Å². The number of carbonyl (C=O) groups is 2. The van der Waals surface area contributed by atoms with E-state index in [1.165, 1.54) is 37.8 Å². The summed E-state index contributed by atoms with van der Waals surface area (Å²) in [6.45, 7) is 4.11. The van der Waals surface area contributed by atoms with E-state index in [9.17, 15) is 9.59 Å². The molecule has 1 saturated heterocycles. The molecule has 1 aromatic rings. The second-order valence-electron chi connectivity index (χ2n) is 10.8. The molecule has 31 heavy (non-hydrogen) atoms. The van der Waals surface area contributed by atoms with E-state index in [2.05, 4.69) is 43.6 Å².